The van der Waals surface area contributed by atoms with E-state index in [0.717, 1.165) is 40.9 Å². The number of carbonyl (C=O) groups excluding carboxylic acids is 1. The highest BCUT2D eigenvalue weighted by atomic mass is 35.5. The number of thioether (sulfide) groups is 1. The number of benzene rings is 1. The first kappa shape index (κ1) is 23.6. The van der Waals surface area contributed by atoms with Gasteiger partial charge in [0, 0.05) is 29.3 Å². The molecule has 164 valence electrons. The van der Waals surface area contributed by atoms with Crippen molar-refractivity contribution in [2.45, 2.75) is 43.6 Å². The van der Waals surface area contributed by atoms with Gasteiger partial charge in [-0.05, 0) is 42.9 Å². The highest BCUT2D eigenvalue weighted by Crippen LogP contribution is 2.25. The van der Waals surface area contributed by atoms with Crippen LogP contribution in [0.1, 0.15) is 26.2 Å². The fourth-order valence-electron chi connectivity index (χ4n) is 2.76. The largest absolute Gasteiger partial charge is 0.300 e. The molecule has 31 heavy (non-hydrogen) atoms. The van der Waals surface area contributed by atoms with Crippen LogP contribution in [-0.4, -0.2) is 36.2 Å². The van der Waals surface area contributed by atoms with Crippen molar-refractivity contribution < 1.29 is 4.79 Å². The number of halogens is 1. The van der Waals surface area contributed by atoms with E-state index in [-0.39, 0.29) is 12.3 Å². The van der Waals surface area contributed by atoms with Crippen molar-refractivity contribution in [3.8, 4) is 11.4 Å². The zero-order chi connectivity index (χ0) is 22.2. The number of rotatable bonds is 11. The van der Waals surface area contributed by atoms with Crippen LogP contribution < -0.4 is 5.32 Å². The molecule has 11 heteroatoms. The number of anilines is 1. The van der Waals surface area contributed by atoms with E-state index in [0.29, 0.717) is 21.5 Å². The summed E-state index contributed by atoms with van der Waals surface area (Å²) in [6.07, 6.45) is 4.06. The maximum absolute atomic E-state index is 12.4. The van der Waals surface area contributed by atoms with Crippen LogP contribution >= 0.6 is 46.9 Å². The minimum atomic E-state index is -0.158. The first-order valence-corrected chi connectivity index (χ1v) is 12.4. The molecule has 0 saturated heterocycles. The third kappa shape index (κ3) is 6.49. The van der Waals surface area contributed by atoms with Gasteiger partial charge in [0.1, 0.15) is 0 Å². The van der Waals surface area contributed by atoms with Gasteiger partial charge in [0.05, 0.1) is 6.54 Å². The van der Waals surface area contributed by atoms with E-state index in [4.69, 9.17) is 28.9 Å². The van der Waals surface area contributed by atoms with Crippen LogP contribution in [0.5, 0.6) is 0 Å². The molecule has 0 atom stereocenters. The summed E-state index contributed by atoms with van der Waals surface area (Å²) >= 11 is 14.5. The van der Waals surface area contributed by atoms with Gasteiger partial charge < -0.3 is 5.32 Å². The van der Waals surface area contributed by atoms with Gasteiger partial charge in [-0.1, -0.05) is 54.1 Å². The lowest BCUT2D eigenvalue weighted by Gasteiger charge is -2.05. The molecular weight excluding hydrogens is 472 g/mol. The first-order valence-electron chi connectivity index (χ1n) is 9.82. The Morgan fingerprint density at radius 2 is 2.10 bits per heavy atom. The van der Waals surface area contributed by atoms with E-state index < -0.39 is 0 Å². The molecule has 1 aromatic carbocycles. The quantitative estimate of drug-likeness (QED) is 0.159. The molecule has 0 bridgehead atoms. The minimum Gasteiger partial charge on any atom is -0.300 e. The number of hydrogen-bond donors (Lipinski definition) is 1. The lowest BCUT2D eigenvalue weighted by atomic mass is 10.2. The van der Waals surface area contributed by atoms with Crippen LogP contribution in [0, 0.1) is 4.77 Å². The molecule has 1 amide bonds. The molecule has 3 aromatic rings. The SMILES string of the molecule is C=CCSc1nnc(NC(=O)CCn2nc(-c3ccc(Cl)cc3)n(CCCC)c2=S)s1. The van der Waals surface area contributed by atoms with Crippen molar-refractivity contribution in [3.05, 3.63) is 46.7 Å². The Kier molecular flexibility index (Phi) is 8.82. The molecule has 3 rings (SSSR count). The number of unbranched alkanes of at least 4 members (excludes halogenated alkanes) is 1. The Labute approximate surface area is 199 Å². The number of amides is 1. The Hall–Kier alpha value is -2.01. The van der Waals surface area contributed by atoms with E-state index >= 15 is 0 Å². The summed E-state index contributed by atoms with van der Waals surface area (Å²) in [6.45, 7) is 6.96. The highest BCUT2D eigenvalue weighted by Gasteiger charge is 2.14. The predicted octanol–water partition coefficient (Wildman–Crippen LogP) is 5.69. The second kappa shape index (κ2) is 11.6. The van der Waals surface area contributed by atoms with Crippen LogP contribution in [0.3, 0.4) is 0 Å². The average molecular weight is 495 g/mol. The Bertz CT molecular complexity index is 1090. The normalized spacial score (nSPS) is 10.9. The van der Waals surface area contributed by atoms with Crippen molar-refractivity contribution in [3.63, 3.8) is 0 Å². The van der Waals surface area contributed by atoms with Crippen molar-refractivity contribution >= 4 is 58.0 Å². The fourth-order valence-corrected chi connectivity index (χ4v) is 4.72. The van der Waals surface area contributed by atoms with Crippen molar-refractivity contribution in [1.82, 2.24) is 24.5 Å². The van der Waals surface area contributed by atoms with E-state index in [2.05, 4.69) is 29.0 Å². The van der Waals surface area contributed by atoms with Gasteiger partial charge in [0.25, 0.3) is 0 Å². The van der Waals surface area contributed by atoms with E-state index in [1.807, 2.05) is 28.8 Å². The monoisotopic (exact) mass is 494 g/mol. The number of aromatic nitrogens is 5. The zero-order valence-corrected chi connectivity index (χ0v) is 20.3. The molecule has 0 aliphatic heterocycles. The van der Waals surface area contributed by atoms with Crippen LogP contribution in [0.25, 0.3) is 11.4 Å². The maximum atomic E-state index is 12.4. The molecule has 2 heterocycles. The molecule has 0 aliphatic rings. The van der Waals surface area contributed by atoms with Crippen LogP contribution in [0.4, 0.5) is 5.13 Å². The molecule has 7 nitrogen and oxygen atoms in total. The number of aryl methyl sites for hydroxylation is 1. The molecule has 0 spiro atoms. The topological polar surface area (TPSA) is 77.6 Å². The summed E-state index contributed by atoms with van der Waals surface area (Å²) in [5.41, 5.74) is 0.938. The van der Waals surface area contributed by atoms with Gasteiger partial charge in [-0.2, -0.15) is 5.10 Å². The Morgan fingerprint density at radius 3 is 2.81 bits per heavy atom. The smallest absolute Gasteiger partial charge is 0.228 e. The van der Waals surface area contributed by atoms with Gasteiger partial charge >= 0.3 is 0 Å². The lowest BCUT2D eigenvalue weighted by Crippen LogP contribution is -2.15. The van der Waals surface area contributed by atoms with E-state index in [1.165, 1.54) is 23.1 Å². The molecule has 0 aliphatic carbocycles. The molecular formula is C20H23ClN6OS3. The molecule has 0 saturated carbocycles. The third-order valence-corrected chi connectivity index (χ3v) is 6.94. The second-order valence-electron chi connectivity index (χ2n) is 6.61. The van der Waals surface area contributed by atoms with Gasteiger partial charge in [-0.15, -0.1) is 16.8 Å². The Balaban J connectivity index is 1.69. The van der Waals surface area contributed by atoms with Gasteiger partial charge in [-0.3, -0.25) is 9.36 Å². The van der Waals surface area contributed by atoms with Gasteiger partial charge in [-0.25, -0.2) is 4.68 Å². The van der Waals surface area contributed by atoms with Crippen molar-refractivity contribution in [2.75, 3.05) is 11.1 Å². The van der Waals surface area contributed by atoms with E-state index in [9.17, 15) is 4.79 Å². The molecule has 0 fully saturated rings. The summed E-state index contributed by atoms with van der Waals surface area (Å²) < 4.78 is 5.12. The highest BCUT2D eigenvalue weighted by molar-refractivity contribution is 8.01. The molecule has 0 radical (unpaired) electrons. The van der Waals surface area contributed by atoms with Crippen molar-refractivity contribution in [1.29, 1.82) is 0 Å². The minimum absolute atomic E-state index is 0.158. The predicted molar refractivity (Wildman–Crippen MR) is 130 cm³/mol. The lowest BCUT2D eigenvalue weighted by molar-refractivity contribution is -0.116. The number of carbonyl (C=O) groups is 1. The molecule has 1 N–H and O–H groups in total. The summed E-state index contributed by atoms with van der Waals surface area (Å²) in [7, 11) is 0. The summed E-state index contributed by atoms with van der Waals surface area (Å²) in [5.74, 6) is 1.37. The number of nitrogens with one attached hydrogen (secondary N) is 1. The zero-order valence-electron chi connectivity index (χ0n) is 17.1. The fraction of sp³-hybridized carbons (Fsp3) is 0.350. The summed E-state index contributed by atoms with van der Waals surface area (Å²) in [4.78, 5) is 12.4. The Morgan fingerprint density at radius 1 is 1.32 bits per heavy atom. The molecule has 0 unspecified atom stereocenters. The summed E-state index contributed by atoms with van der Waals surface area (Å²) in [5, 5.41) is 16.7. The standard InChI is InChI=1S/C20H23ClN6OS3/c1-3-5-11-26-17(14-6-8-15(21)9-7-14)25-27(20(26)29)12-10-16(28)22-18-23-24-19(31-18)30-13-4-2/h4,6-9H,2-3,5,10-13H2,1H3,(H,22,23,28). The maximum Gasteiger partial charge on any atom is 0.228 e. The van der Waals surface area contributed by atoms with Gasteiger partial charge in [0.2, 0.25) is 11.0 Å². The summed E-state index contributed by atoms with van der Waals surface area (Å²) in [6, 6.07) is 7.52. The van der Waals surface area contributed by atoms with Crippen LogP contribution in [0.2, 0.25) is 5.02 Å². The van der Waals surface area contributed by atoms with Crippen molar-refractivity contribution in [2.24, 2.45) is 0 Å². The second-order valence-corrected chi connectivity index (χ2v) is 9.66. The van der Waals surface area contributed by atoms with Crippen LogP contribution in [-0.2, 0) is 17.9 Å². The first-order chi connectivity index (χ1) is 15.0. The number of nitrogens with zero attached hydrogens (tertiary/aromatic N) is 5. The van der Waals surface area contributed by atoms with E-state index in [1.54, 1.807) is 10.8 Å². The van der Waals surface area contributed by atoms with Crippen LogP contribution in [0.15, 0.2) is 41.3 Å². The van der Waals surface area contributed by atoms with Gasteiger partial charge in [0.15, 0.2) is 14.9 Å². The molecule has 2 aromatic heterocycles. The third-order valence-electron chi connectivity index (χ3n) is 4.29. The average Bonchev–Trinajstić information content (AvgIpc) is 3.33. The number of hydrogen-bond acceptors (Lipinski definition) is 7.